The number of aromatic nitrogens is 2. The van der Waals surface area contributed by atoms with E-state index in [-0.39, 0.29) is 4.90 Å². The molecule has 2 aromatic carbocycles. The van der Waals surface area contributed by atoms with Crippen LogP contribution in [0.3, 0.4) is 0 Å². The second kappa shape index (κ2) is 6.83. The van der Waals surface area contributed by atoms with E-state index < -0.39 is 10.0 Å². The molecule has 2 N–H and O–H groups in total. The van der Waals surface area contributed by atoms with Gasteiger partial charge in [0.25, 0.3) is 10.0 Å². The summed E-state index contributed by atoms with van der Waals surface area (Å²) in [6.07, 6.45) is 4.99. The fourth-order valence-corrected chi connectivity index (χ4v) is 4.23. The lowest BCUT2D eigenvalue weighted by Gasteiger charge is -2.11. The van der Waals surface area contributed by atoms with Crippen molar-refractivity contribution >= 4 is 26.6 Å². The average Bonchev–Trinajstić information content (AvgIpc) is 3.16. The van der Waals surface area contributed by atoms with Crippen molar-refractivity contribution in [3.63, 3.8) is 0 Å². The van der Waals surface area contributed by atoms with Crippen molar-refractivity contribution < 1.29 is 8.42 Å². The lowest BCUT2D eigenvalue weighted by molar-refractivity contribution is 0.601. The summed E-state index contributed by atoms with van der Waals surface area (Å²) < 4.78 is 28.3. The number of fused-ring (bicyclic) bond motifs is 1. The Hall–Kier alpha value is -3.63. The monoisotopic (exact) mass is 388 g/mol. The molecule has 0 spiro atoms. The van der Waals surface area contributed by atoms with Crippen LogP contribution in [-0.4, -0.2) is 18.4 Å². The molecule has 4 rings (SSSR count). The van der Waals surface area contributed by atoms with Crippen LogP contribution in [0.25, 0.3) is 22.0 Å². The van der Waals surface area contributed by atoms with Gasteiger partial charge in [0, 0.05) is 24.0 Å². The largest absolute Gasteiger partial charge is 0.358 e. The lowest BCUT2D eigenvalue weighted by atomic mass is 10.1. The Bertz CT molecular complexity index is 1300. The molecule has 0 aliphatic heterocycles. The highest BCUT2D eigenvalue weighted by Crippen LogP contribution is 2.30. The summed E-state index contributed by atoms with van der Waals surface area (Å²) in [4.78, 5) is 7.23. The van der Waals surface area contributed by atoms with Gasteiger partial charge in [-0.05, 0) is 47.9 Å². The molecule has 7 heteroatoms. The van der Waals surface area contributed by atoms with E-state index in [4.69, 9.17) is 0 Å². The summed E-state index contributed by atoms with van der Waals surface area (Å²) in [5, 5.41) is 9.97. The first-order chi connectivity index (χ1) is 13.5. The van der Waals surface area contributed by atoms with E-state index in [0.717, 1.165) is 22.1 Å². The summed E-state index contributed by atoms with van der Waals surface area (Å²) in [6.45, 7) is 1.88. The van der Waals surface area contributed by atoms with Crippen LogP contribution < -0.4 is 4.72 Å². The Labute approximate surface area is 162 Å². The Balaban J connectivity index is 1.69. The van der Waals surface area contributed by atoms with Crippen LogP contribution in [0.2, 0.25) is 0 Å². The second-order valence-corrected chi connectivity index (χ2v) is 8.05. The maximum atomic E-state index is 12.9. The number of nitriles is 1. The van der Waals surface area contributed by atoms with E-state index in [2.05, 4.69) is 20.8 Å². The molecule has 0 aliphatic carbocycles. The summed E-state index contributed by atoms with van der Waals surface area (Å²) in [7, 11) is -3.78. The van der Waals surface area contributed by atoms with Gasteiger partial charge in [0.05, 0.1) is 21.7 Å². The molecule has 28 heavy (non-hydrogen) atoms. The number of benzene rings is 2. The maximum Gasteiger partial charge on any atom is 0.261 e. The molecular formula is C21H16N4O2S. The van der Waals surface area contributed by atoms with Crippen molar-refractivity contribution in [2.24, 2.45) is 0 Å². The van der Waals surface area contributed by atoms with E-state index >= 15 is 0 Å². The van der Waals surface area contributed by atoms with Crippen molar-refractivity contribution in [1.82, 2.24) is 9.97 Å². The normalized spacial score (nSPS) is 11.3. The molecular weight excluding hydrogens is 372 g/mol. The second-order valence-electron chi connectivity index (χ2n) is 6.37. The minimum Gasteiger partial charge on any atom is -0.358 e. The summed E-state index contributed by atoms with van der Waals surface area (Å²) in [5.41, 5.74) is 4.17. The minimum atomic E-state index is -3.78. The van der Waals surface area contributed by atoms with Gasteiger partial charge in [-0.1, -0.05) is 24.3 Å². The van der Waals surface area contributed by atoms with E-state index in [1.165, 1.54) is 0 Å². The molecule has 0 bridgehead atoms. The average molecular weight is 388 g/mol. The van der Waals surface area contributed by atoms with Crippen LogP contribution in [0.1, 0.15) is 11.1 Å². The number of sulfonamides is 1. The molecule has 138 valence electrons. The van der Waals surface area contributed by atoms with Gasteiger partial charge in [-0.25, -0.2) is 8.42 Å². The standard InChI is InChI=1S/C21H16N4O2S/c1-14-4-9-19(21-20(14)17(11-22)13-24-21)25-28(26,27)18-7-5-15(6-8-18)16-3-2-10-23-12-16/h2-10,12-13,24-25H,1H3. The SMILES string of the molecule is Cc1ccc(NS(=O)(=O)c2ccc(-c3cccnc3)cc2)c2[nH]cc(C#N)c12. The third-order valence-corrected chi connectivity index (χ3v) is 5.95. The molecule has 0 radical (unpaired) electrons. The van der Waals surface area contributed by atoms with Crippen LogP contribution >= 0.6 is 0 Å². The number of H-pyrrole nitrogens is 1. The van der Waals surface area contributed by atoms with Crippen molar-refractivity contribution in [1.29, 1.82) is 5.26 Å². The quantitative estimate of drug-likeness (QED) is 0.547. The first-order valence-electron chi connectivity index (χ1n) is 8.54. The molecule has 0 amide bonds. The van der Waals surface area contributed by atoms with Crippen LogP contribution in [0.4, 0.5) is 5.69 Å². The summed E-state index contributed by atoms with van der Waals surface area (Å²) in [5.74, 6) is 0. The number of aromatic amines is 1. The number of nitrogens with one attached hydrogen (secondary N) is 2. The van der Waals surface area contributed by atoms with Crippen molar-refractivity contribution in [3.8, 4) is 17.2 Å². The number of nitrogens with zero attached hydrogens (tertiary/aromatic N) is 2. The van der Waals surface area contributed by atoms with Crippen LogP contribution in [0.15, 0.2) is 72.0 Å². The van der Waals surface area contributed by atoms with Gasteiger partial charge < -0.3 is 4.98 Å². The molecule has 0 fully saturated rings. The van der Waals surface area contributed by atoms with Gasteiger partial charge in [-0.2, -0.15) is 5.26 Å². The number of pyridine rings is 1. The first kappa shape index (κ1) is 17.8. The van der Waals surface area contributed by atoms with Crippen molar-refractivity contribution in [3.05, 3.63) is 78.2 Å². The van der Waals surface area contributed by atoms with Gasteiger partial charge in [0.2, 0.25) is 0 Å². The molecule has 6 nitrogen and oxygen atoms in total. The van der Waals surface area contributed by atoms with E-state index in [1.54, 1.807) is 55.0 Å². The number of rotatable bonds is 4. The fourth-order valence-electron chi connectivity index (χ4n) is 3.16. The van der Waals surface area contributed by atoms with Crippen LogP contribution in [-0.2, 0) is 10.0 Å². The molecule has 2 aromatic heterocycles. The van der Waals surface area contributed by atoms with Gasteiger partial charge in [-0.3, -0.25) is 9.71 Å². The predicted molar refractivity (Wildman–Crippen MR) is 108 cm³/mol. The zero-order valence-electron chi connectivity index (χ0n) is 15.0. The van der Waals surface area contributed by atoms with E-state index in [9.17, 15) is 13.7 Å². The van der Waals surface area contributed by atoms with E-state index in [0.29, 0.717) is 16.8 Å². The molecule has 0 aliphatic rings. The van der Waals surface area contributed by atoms with Gasteiger partial charge >= 0.3 is 0 Å². The topological polar surface area (TPSA) is 98.6 Å². The first-order valence-corrected chi connectivity index (χ1v) is 10.0. The van der Waals surface area contributed by atoms with Gasteiger partial charge in [0.1, 0.15) is 6.07 Å². The Kier molecular flexibility index (Phi) is 4.34. The smallest absolute Gasteiger partial charge is 0.261 e. The molecule has 4 aromatic rings. The maximum absolute atomic E-state index is 12.9. The number of hydrogen-bond acceptors (Lipinski definition) is 4. The van der Waals surface area contributed by atoms with Crippen LogP contribution in [0.5, 0.6) is 0 Å². The van der Waals surface area contributed by atoms with Gasteiger partial charge in [0.15, 0.2) is 0 Å². The predicted octanol–water partition coefficient (Wildman–Crippen LogP) is 4.21. The number of hydrogen-bond donors (Lipinski definition) is 2. The number of aryl methyl sites for hydroxylation is 1. The Morgan fingerprint density at radius 1 is 1.07 bits per heavy atom. The fraction of sp³-hybridized carbons (Fsp3) is 0.0476. The molecule has 0 atom stereocenters. The molecule has 0 saturated carbocycles. The lowest BCUT2D eigenvalue weighted by Crippen LogP contribution is -2.13. The Morgan fingerprint density at radius 3 is 2.54 bits per heavy atom. The summed E-state index contributed by atoms with van der Waals surface area (Å²) in [6, 6.07) is 16.0. The molecule has 0 saturated heterocycles. The third-order valence-electron chi connectivity index (χ3n) is 4.57. The van der Waals surface area contributed by atoms with Crippen molar-refractivity contribution in [2.75, 3.05) is 4.72 Å². The Morgan fingerprint density at radius 2 is 1.86 bits per heavy atom. The highest BCUT2D eigenvalue weighted by Gasteiger charge is 2.18. The zero-order valence-corrected chi connectivity index (χ0v) is 15.8. The van der Waals surface area contributed by atoms with E-state index in [1.807, 2.05) is 19.1 Å². The zero-order chi connectivity index (χ0) is 19.7. The third kappa shape index (κ3) is 3.10. The molecule has 2 heterocycles. The highest BCUT2D eigenvalue weighted by molar-refractivity contribution is 7.92. The van der Waals surface area contributed by atoms with Gasteiger partial charge in [-0.15, -0.1) is 0 Å². The van der Waals surface area contributed by atoms with Crippen LogP contribution in [0, 0.1) is 18.3 Å². The van der Waals surface area contributed by atoms with Crippen molar-refractivity contribution in [2.45, 2.75) is 11.8 Å². The summed E-state index contributed by atoms with van der Waals surface area (Å²) >= 11 is 0. The molecule has 0 unspecified atom stereocenters. The highest BCUT2D eigenvalue weighted by atomic mass is 32.2. The number of anilines is 1. The minimum absolute atomic E-state index is 0.154.